The maximum absolute atomic E-state index is 3.78. The van der Waals surface area contributed by atoms with Crippen molar-refractivity contribution < 1.29 is 0 Å². The fourth-order valence-corrected chi connectivity index (χ4v) is 3.53. The molecule has 1 saturated heterocycles. The number of nitrogens with one attached hydrogen (secondary N) is 1. The second-order valence-electron chi connectivity index (χ2n) is 7.38. The van der Waals surface area contributed by atoms with E-state index in [-0.39, 0.29) is 0 Å². The van der Waals surface area contributed by atoms with Crippen molar-refractivity contribution in [3.05, 3.63) is 0 Å². The van der Waals surface area contributed by atoms with Crippen molar-refractivity contribution in [1.29, 1.82) is 0 Å². The molecule has 0 bridgehead atoms. The van der Waals surface area contributed by atoms with E-state index in [1.54, 1.807) is 0 Å². The molecule has 1 unspecified atom stereocenters. The van der Waals surface area contributed by atoms with Crippen LogP contribution in [0.1, 0.15) is 58.8 Å². The third kappa shape index (κ3) is 6.25. The maximum Gasteiger partial charge on any atom is 0.0322 e. The summed E-state index contributed by atoms with van der Waals surface area (Å²) >= 11 is 0. The van der Waals surface area contributed by atoms with Gasteiger partial charge < -0.3 is 10.2 Å². The topological polar surface area (TPSA) is 18.5 Å². The summed E-state index contributed by atoms with van der Waals surface area (Å²) in [7, 11) is 2.31. The molecule has 0 aromatic heterocycles. The molecule has 1 aliphatic carbocycles. The summed E-state index contributed by atoms with van der Waals surface area (Å²) < 4.78 is 0. The molecule has 3 heteroatoms. The first-order chi connectivity index (χ1) is 10.2. The van der Waals surface area contributed by atoms with Gasteiger partial charge in [0.05, 0.1) is 0 Å². The molecule has 0 amide bonds. The van der Waals surface area contributed by atoms with Crippen LogP contribution >= 0.6 is 0 Å². The number of likely N-dealkylation sites (tertiary alicyclic amines) is 1. The van der Waals surface area contributed by atoms with E-state index in [0.29, 0.717) is 0 Å². The predicted octanol–water partition coefficient (Wildman–Crippen LogP) is 2.96. The molecule has 1 N–H and O–H groups in total. The first-order valence-electron chi connectivity index (χ1n) is 9.38. The lowest BCUT2D eigenvalue weighted by atomic mass is 10.0. The maximum atomic E-state index is 3.78. The Morgan fingerprint density at radius 3 is 2.52 bits per heavy atom. The Bertz CT molecular complexity index is 272. The highest BCUT2D eigenvalue weighted by atomic mass is 15.2. The van der Waals surface area contributed by atoms with Crippen LogP contribution in [0.3, 0.4) is 0 Å². The van der Waals surface area contributed by atoms with E-state index in [1.807, 2.05) is 0 Å². The van der Waals surface area contributed by atoms with Crippen LogP contribution in [0.25, 0.3) is 0 Å². The predicted molar refractivity (Wildman–Crippen MR) is 91.8 cm³/mol. The Morgan fingerprint density at radius 1 is 1.14 bits per heavy atom. The van der Waals surface area contributed by atoms with Gasteiger partial charge >= 0.3 is 0 Å². The van der Waals surface area contributed by atoms with E-state index >= 15 is 0 Å². The van der Waals surface area contributed by atoms with Crippen LogP contribution in [0.2, 0.25) is 0 Å². The summed E-state index contributed by atoms with van der Waals surface area (Å²) in [6.07, 6.45) is 9.61. The third-order valence-corrected chi connectivity index (χ3v) is 5.17. The Balaban J connectivity index is 1.55. The molecule has 1 aliphatic heterocycles. The summed E-state index contributed by atoms with van der Waals surface area (Å²) in [5.74, 6) is 1.05. The normalized spacial score (nSPS) is 21.7. The summed E-state index contributed by atoms with van der Waals surface area (Å²) in [5, 5.41) is 3.78. The molecule has 2 fully saturated rings. The second-order valence-corrected chi connectivity index (χ2v) is 7.38. The van der Waals surface area contributed by atoms with Gasteiger partial charge in [0.1, 0.15) is 0 Å². The summed E-state index contributed by atoms with van der Waals surface area (Å²) in [4.78, 5) is 5.21. The van der Waals surface area contributed by atoms with Gasteiger partial charge in [-0.25, -0.2) is 0 Å². The number of rotatable bonds is 12. The van der Waals surface area contributed by atoms with Crippen LogP contribution in [0.5, 0.6) is 0 Å². The van der Waals surface area contributed by atoms with Crippen molar-refractivity contribution in [3.63, 3.8) is 0 Å². The molecule has 1 heterocycles. The molecular formula is C18H37N3. The average molecular weight is 296 g/mol. The highest BCUT2D eigenvalue weighted by Gasteiger charge is 2.31. The van der Waals surface area contributed by atoms with Crippen molar-refractivity contribution >= 4 is 0 Å². The van der Waals surface area contributed by atoms with Gasteiger partial charge in [0.15, 0.2) is 0 Å². The zero-order valence-corrected chi connectivity index (χ0v) is 14.6. The number of unbranched alkanes of at least 4 members (excludes halogenated alkanes) is 1. The second kappa shape index (κ2) is 9.12. The largest absolute Gasteiger partial charge is 0.311 e. The number of hydrogen-bond acceptors (Lipinski definition) is 3. The van der Waals surface area contributed by atoms with E-state index in [4.69, 9.17) is 0 Å². The van der Waals surface area contributed by atoms with E-state index in [9.17, 15) is 0 Å². The lowest BCUT2D eigenvalue weighted by Crippen LogP contribution is -2.58. The smallest absolute Gasteiger partial charge is 0.0322 e. The first-order valence-corrected chi connectivity index (χ1v) is 9.38. The fourth-order valence-electron chi connectivity index (χ4n) is 3.53. The minimum atomic E-state index is 0.770. The van der Waals surface area contributed by atoms with Gasteiger partial charge in [0, 0.05) is 31.7 Å². The minimum Gasteiger partial charge on any atom is -0.311 e. The van der Waals surface area contributed by atoms with E-state index in [0.717, 1.165) is 18.0 Å². The minimum absolute atomic E-state index is 0.770. The zero-order chi connectivity index (χ0) is 15.1. The molecule has 1 atom stereocenters. The van der Waals surface area contributed by atoms with Crippen LogP contribution in [-0.4, -0.2) is 61.7 Å². The van der Waals surface area contributed by atoms with Gasteiger partial charge in [0.2, 0.25) is 0 Å². The van der Waals surface area contributed by atoms with Gasteiger partial charge in [-0.05, 0) is 58.2 Å². The van der Waals surface area contributed by atoms with Crippen molar-refractivity contribution in [3.8, 4) is 0 Å². The standard InChI is InChI=1S/C18H37N3/c1-4-6-7-18(20(3)12-5-2)10-11-19-17-14-21(15-17)13-16-8-9-16/h16-19H,4-15H2,1-3H3. The van der Waals surface area contributed by atoms with Crippen LogP contribution in [-0.2, 0) is 0 Å². The van der Waals surface area contributed by atoms with Gasteiger partial charge in [-0.1, -0.05) is 26.7 Å². The Kier molecular flexibility index (Phi) is 7.48. The molecule has 2 aliphatic rings. The van der Waals surface area contributed by atoms with Gasteiger partial charge in [0.25, 0.3) is 0 Å². The van der Waals surface area contributed by atoms with Crippen LogP contribution in [0.4, 0.5) is 0 Å². The Hall–Kier alpha value is -0.120. The third-order valence-electron chi connectivity index (χ3n) is 5.17. The first kappa shape index (κ1) is 17.2. The zero-order valence-electron chi connectivity index (χ0n) is 14.6. The molecule has 3 nitrogen and oxygen atoms in total. The van der Waals surface area contributed by atoms with E-state index in [1.165, 1.54) is 77.7 Å². The SMILES string of the molecule is CCCCC(CCNC1CN(CC2CC2)C1)N(C)CCC. The number of hydrogen-bond donors (Lipinski definition) is 1. The lowest BCUT2D eigenvalue weighted by Gasteiger charge is -2.40. The molecule has 124 valence electrons. The van der Waals surface area contributed by atoms with Crippen molar-refractivity contribution in [2.75, 3.05) is 39.8 Å². The fraction of sp³-hybridized carbons (Fsp3) is 1.00. The monoisotopic (exact) mass is 295 g/mol. The molecule has 0 aromatic carbocycles. The number of nitrogens with zero attached hydrogens (tertiary/aromatic N) is 2. The van der Waals surface area contributed by atoms with Crippen LogP contribution in [0.15, 0.2) is 0 Å². The molecule has 0 aromatic rings. The molecule has 0 spiro atoms. The highest BCUT2D eigenvalue weighted by molar-refractivity contribution is 4.89. The molecular weight excluding hydrogens is 258 g/mol. The van der Waals surface area contributed by atoms with Crippen molar-refractivity contribution in [2.24, 2.45) is 5.92 Å². The van der Waals surface area contributed by atoms with Gasteiger partial charge in [-0.2, -0.15) is 0 Å². The van der Waals surface area contributed by atoms with Gasteiger partial charge in [-0.15, -0.1) is 0 Å². The summed E-state index contributed by atoms with van der Waals surface area (Å²) in [5.41, 5.74) is 0. The van der Waals surface area contributed by atoms with Crippen LogP contribution in [0, 0.1) is 5.92 Å². The molecule has 0 radical (unpaired) electrons. The van der Waals surface area contributed by atoms with Crippen molar-refractivity contribution in [2.45, 2.75) is 70.9 Å². The van der Waals surface area contributed by atoms with E-state index in [2.05, 4.69) is 36.0 Å². The molecule has 1 saturated carbocycles. The Labute approximate surface area is 132 Å². The average Bonchev–Trinajstić information content (AvgIpc) is 3.23. The van der Waals surface area contributed by atoms with Gasteiger partial charge in [-0.3, -0.25) is 4.90 Å². The molecule has 21 heavy (non-hydrogen) atoms. The Morgan fingerprint density at radius 2 is 1.90 bits per heavy atom. The quantitative estimate of drug-likeness (QED) is 0.597. The van der Waals surface area contributed by atoms with Crippen molar-refractivity contribution in [1.82, 2.24) is 15.1 Å². The van der Waals surface area contributed by atoms with E-state index < -0.39 is 0 Å². The lowest BCUT2D eigenvalue weighted by molar-refractivity contribution is 0.117. The molecule has 2 rings (SSSR count). The van der Waals surface area contributed by atoms with Crippen LogP contribution < -0.4 is 5.32 Å². The highest BCUT2D eigenvalue weighted by Crippen LogP contribution is 2.31. The summed E-state index contributed by atoms with van der Waals surface area (Å²) in [6, 6.07) is 1.55. The summed E-state index contributed by atoms with van der Waals surface area (Å²) in [6.45, 7) is 11.0.